The van der Waals surface area contributed by atoms with E-state index in [9.17, 15) is 19.8 Å². The Bertz CT molecular complexity index is 1220. The topological polar surface area (TPSA) is 109 Å². The molecular formula is C25H22N2O6. The summed E-state index contributed by atoms with van der Waals surface area (Å²) >= 11 is 0. The third-order valence-corrected chi connectivity index (χ3v) is 5.50. The number of pyridine rings is 1. The number of aliphatic hydroxyl groups excluding tert-OH is 1. The molecule has 0 bridgehead atoms. The zero-order chi connectivity index (χ0) is 23.5. The Labute approximate surface area is 190 Å². The maximum Gasteiger partial charge on any atom is 0.295 e. The molecule has 1 saturated heterocycles. The standard InChI is InChI=1S/C25H22N2O6/c1-32-18-8-5-16(6-9-18)23(29)21-22(17-7-10-19(28)20(12-17)33-2)27(25(31)24(21)30)14-15-4-3-11-26-13-15/h3-13,22,28-29H,14H2,1-2H3/t22-/m0/s1. The quantitative estimate of drug-likeness (QED) is 0.339. The van der Waals surface area contributed by atoms with E-state index in [1.54, 1.807) is 60.9 Å². The maximum atomic E-state index is 13.1. The highest BCUT2D eigenvalue weighted by molar-refractivity contribution is 6.46. The lowest BCUT2D eigenvalue weighted by atomic mass is 9.95. The molecule has 33 heavy (non-hydrogen) atoms. The van der Waals surface area contributed by atoms with Crippen LogP contribution in [0.15, 0.2) is 72.6 Å². The predicted octanol–water partition coefficient (Wildman–Crippen LogP) is 3.43. The van der Waals surface area contributed by atoms with Crippen LogP contribution in [0.3, 0.4) is 0 Å². The summed E-state index contributed by atoms with van der Waals surface area (Å²) in [6.07, 6.45) is 3.22. The molecule has 1 amide bonds. The number of benzene rings is 2. The molecule has 2 N–H and O–H groups in total. The second-order valence-corrected chi connectivity index (χ2v) is 7.45. The molecule has 3 aromatic rings. The van der Waals surface area contributed by atoms with Gasteiger partial charge < -0.3 is 24.6 Å². The number of ether oxygens (including phenoxy) is 2. The number of aliphatic hydroxyl groups is 1. The molecule has 0 saturated carbocycles. The number of Topliss-reactive ketones (excluding diaryl/α,β-unsaturated/α-hetero) is 1. The normalized spacial score (nSPS) is 17.3. The van der Waals surface area contributed by atoms with E-state index in [-0.39, 0.29) is 29.4 Å². The fourth-order valence-electron chi connectivity index (χ4n) is 3.85. The lowest BCUT2D eigenvalue weighted by Crippen LogP contribution is -2.29. The Balaban J connectivity index is 1.87. The van der Waals surface area contributed by atoms with Crippen molar-refractivity contribution in [3.63, 3.8) is 0 Å². The van der Waals surface area contributed by atoms with Crippen molar-refractivity contribution < 1.29 is 29.3 Å². The van der Waals surface area contributed by atoms with E-state index >= 15 is 0 Å². The second-order valence-electron chi connectivity index (χ2n) is 7.45. The van der Waals surface area contributed by atoms with Crippen molar-refractivity contribution in [1.29, 1.82) is 0 Å². The van der Waals surface area contributed by atoms with Gasteiger partial charge in [-0.1, -0.05) is 12.1 Å². The number of carbonyl (C=O) groups excluding carboxylic acids is 2. The molecule has 2 heterocycles. The summed E-state index contributed by atoms with van der Waals surface area (Å²) in [6.45, 7) is 0.103. The van der Waals surface area contributed by atoms with Crippen LogP contribution in [0.5, 0.6) is 17.2 Å². The molecular weight excluding hydrogens is 424 g/mol. The van der Waals surface area contributed by atoms with Gasteiger partial charge in [0.05, 0.1) is 25.8 Å². The van der Waals surface area contributed by atoms with E-state index in [1.165, 1.54) is 25.2 Å². The number of rotatable bonds is 6. The van der Waals surface area contributed by atoms with E-state index in [0.717, 1.165) is 5.56 Å². The highest BCUT2D eigenvalue weighted by atomic mass is 16.5. The number of hydrogen-bond acceptors (Lipinski definition) is 7. The van der Waals surface area contributed by atoms with Crippen molar-refractivity contribution in [2.24, 2.45) is 0 Å². The Morgan fingerprint density at radius 1 is 1.06 bits per heavy atom. The van der Waals surface area contributed by atoms with Gasteiger partial charge in [-0.25, -0.2) is 0 Å². The molecule has 1 aliphatic heterocycles. The van der Waals surface area contributed by atoms with E-state index in [1.807, 2.05) is 0 Å². The molecule has 0 unspecified atom stereocenters. The maximum absolute atomic E-state index is 13.1. The van der Waals surface area contributed by atoms with Gasteiger partial charge in [0.15, 0.2) is 11.5 Å². The van der Waals surface area contributed by atoms with Crippen LogP contribution >= 0.6 is 0 Å². The molecule has 4 rings (SSSR count). The molecule has 168 valence electrons. The van der Waals surface area contributed by atoms with Crippen LogP contribution in [-0.4, -0.2) is 46.0 Å². The van der Waals surface area contributed by atoms with Crippen molar-refractivity contribution in [2.75, 3.05) is 14.2 Å². The first-order valence-corrected chi connectivity index (χ1v) is 10.1. The Kier molecular flexibility index (Phi) is 5.99. The Morgan fingerprint density at radius 2 is 1.82 bits per heavy atom. The smallest absolute Gasteiger partial charge is 0.295 e. The Morgan fingerprint density at radius 3 is 2.45 bits per heavy atom. The summed E-state index contributed by atoms with van der Waals surface area (Å²) in [5.41, 5.74) is 1.54. The minimum Gasteiger partial charge on any atom is -0.507 e. The van der Waals surface area contributed by atoms with Gasteiger partial charge >= 0.3 is 0 Å². The third-order valence-electron chi connectivity index (χ3n) is 5.50. The number of phenolic OH excluding ortho intramolecular Hbond substituents is 1. The average Bonchev–Trinajstić information content (AvgIpc) is 3.09. The molecule has 1 aliphatic rings. The van der Waals surface area contributed by atoms with Gasteiger partial charge in [0, 0.05) is 24.5 Å². The van der Waals surface area contributed by atoms with Gasteiger partial charge in [-0.3, -0.25) is 14.6 Å². The van der Waals surface area contributed by atoms with Crippen molar-refractivity contribution in [3.8, 4) is 17.2 Å². The fraction of sp³-hybridized carbons (Fsp3) is 0.160. The fourth-order valence-corrected chi connectivity index (χ4v) is 3.85. The molecule has 8 heteroatoms. The van der Waals surface area contributed by atoms with E-state index < -0.39 is 17.7 Å². The average molecular weight is 446 g/mol. The molecule has 2 aromatic carbocycles. The van der Waals surface area contributed by atoms with Crippen molar-refractivity contribution in [3.05, 3.63) is 89.3 Å². The zero-order valence-corrected chi connectivity index (χ0v) is 18.1. The summed E-state index contributed by atoms with van der Waals surface area (Å²) < 4.78 is 10.4. The zero-order valence-electron chi connectivity index (χ0n) is 18.1. The number of carbonyl (C=O) groups is 2. The van der Waals surface area contributed by atoms with Crippen LogP contribution in [-0.2, 0) is 16.1 Å². The van der Waals surface area contributed by atoms with Crippen molar-refractivity contribution in [1.82, 2.24) is 9.88 Å². The van der Waals surface area contributed by atoms with Crippen LogP contribution in [0.1, 0.15) is 22.7 Å². The van der Waals surface area contributed by atoms with Gasteiger partial charge in [0.25, 0.3) is 11.7 Å². The SMILES string of the molecule is COc1ccc(C(O)=C2C(=O)C(=O)N(Cc3cccnc3)[C@H]2c2ccc(O)c(OC)c2)cc1. The van der Waals surface area contributed by atoms with Crippen LogP contribution in [0.2, 0.25) is 0 Å². The number of ketones is 1. The molecule has 8 nitrogen and oxygen atoms in total. The van der Waals surface area contributed by atoms with Crippen LogP contribution in [0.4, 0.5) is 0 Å². The molecule has 1 fully saturated rings. The number of aromatic nitrogens is 1. The van der Waals surface area contributed by atoms with Gasteiger partial charge in [0.2, 0.25) is 0 Å². The highest BCUT2D eigenvalue weighted by Crippen LogP contribution is 2.42. The molecule has 1 aromatic heterocycles. The van der Waals surface area contributed by atoms with E-state index in [0.29, 0.717) is 16.9 Å². The number of amides is 1. The summed E-state index contributed by atoms with van der Waals surface area (Å²) in [4.78, 5) is 31.6. The minimum absolute atomic E-state index is 0.0539. The van der Waals surface area contributed by atoms with Crippen molar-refractivity contribution in [2.45, 2.75) is 12.6 Å². The summed E-state index contributed by atoms with van der Waals surface area (Å²) in [5, 5.41) is 21.1. The lowest BCUT2D eigenvalue weighted by molar-refractivity contribution is -0.140. The van der Waals surface area contributed by atoms with Crippen LogP contribution in [0.25, 0.3) is 5.76 Å². The van der Waals surface area contributed by atoms with E-state index in [4.69, 9.17) is 9.47 Å². The molecule has 1 atom stereocenters. The summed E-state index contributed by atoms with van der Waals surface area (Å²) in [6, 6.07) is 13.7. The van der Waals surface area contributed by atoms with Gasteiger partial charge in [0.1, 0.15) is 11.5 Å². The molecule has 0 aliphatic carbocycles. The largest absolute Gasteiger partial charge is 0.507 e. The number of phenols is 1. The lowest BCUT2D eigenvalue weighted by Gasteiger charge is -2.25. The summed E-state index contributed by atoms with van der Waals surface area (Å²) in [5.74, 6) is -1.16. The Hall–Kier alpha value is -4.33. The number of nitrogens with zero attached hydrogens (tertiary/aromatic N) is 2. The van der Waals surface area contributed by atoms with Gasteiger partial charge in [-0.05, 0) is 53.6 Å². The first-order chi connectivity index (χ1) is 15.9. The minimum atomic E-state index is -0.901. The first-order valence-electron chi connectivity index (χ1n) is 10.1. The van der Waals surface area contributed by atoms with Crippen LogP contribution in [0, 0.1) is 0 Å². The van der Waals surface area contributed by atoms with Crippen molar-refractivity contribution >= 4 is 17.4 Å². The van der Waals surface area contributed by atoms with E-state index in [2.05, 4.69) is 4.98 Å². The summed E-state index contributed by atoms with van der Waals surface area (Å²) in [7, 11) is 2.93. The third kappa shape index (κ3) is 4.10. The number of hydrogen-bond donors (Lipinski definition) is 2. The van der Waals surface area contributed by atoms with Gasteiger partial charge in [-0.15, -0.1) is 0 Å². The number of methoxy groups -OCH3 is 2. The predicted molar refractivity (Wildman–Crippen MR) is 120 cm³/mol. The monoisotopic (exact) mass is 446 g/mol. The van der Waals surface area contributed by atoms with Crippen LogP contribution < -0.4 is 9.47 Å². The number of likely N-dealkylation sites (tertiary alicyclic amines) is 1. The second kappa shape index (κ2) is 9.04. The molecule has 0 radical (unpaired) electrons. The van der Waals surface area contributed by atoms with Gasteiger partial charge in [-0.2, -0.15) is 0 Å². The first kappa shape index (κ1) is 21.9. The number of aromatic hydroxyl groups is 1. The highest BCUT2D eigenvalue weighted by Gasteiger charge is 2.46. The molecule has 0 spiro atoms.